The van der Waals surface area contributed by atoms with Gasteiger partial charge >= 0.3 is 0 Å². The zero-order chi connectivity index (χ0) is 11.7. The van der Waals surface area contributed by atoms with Crippen LogP contribution in [-0.2, 0) is 0 Å². The number of hydrogen-bond donors (Lipinski definition) is 0. The number of carbonyl (C=O) groups excluding carboxylic acids is 1. The summed E-state index contributed by atoms with van der Waals surface area (Å²) in [6.07, 6.45) is 1.85. The summed E-state index contributed by atoms with van der Waals surface area (Å²) in [5.41, 5.74) is 2.62. The quantitative estimate of drug-likeness (QED) is 0.791. The fourth-order valence-corrected chi connectivity index (χ4v) is 1.87. The Morgan fingerprint density at radius 3 is 2.69 bits per heavy atom. The maximum Gasteiger partial charge on any atom is 0.160 e. The number of rotatable bonds is 2. The normalized spacial score (nSPS) is 10.4. The predicted molar refractivity (Wildman–Crippen MR) is 66.0 cm³/mol. The summed E-state index contributed by atoms with van der Waals surface area (Å²) in [7, 11) is 0. The molecule has 0 amide bonds. The molecule has 0 radical (unpaired) electrons. The SMILES string of the molecule is CC(=O)c1cc(-n2ccc(Br)n2)ccc1C. The number of ketones is 1. The number of Topliss-reactive ketones (excluding diaryl/α,β-unsaturated/α-hetero) is 1. The van der Waals surface area contributed by atoms with E-state index in [1.54, 1.807) is 11.6 Å². The Kier molecular flexibility index (Phi) is 2.92. The van der Waals surface area contributed by atoms with E-state index in [-0.39, 0.29) is 5.78 Å². The molecule has 1 aromatic heterocycles. The standard InChI is InChI=1S/C12H11BrN2O/c1-8-3-4-10(7-11(8)9(2)16)15-6-5-12(13)14-15/h3-7H,1-2H3. The van der Waals surface area contributed by atoms with E-state index >= 15 is 0 Å². The molecule has 3 nitrogen and oxygen atoms in total. The van der Waals surface area contributed by atoms with E-state index < -0.39 is 0 Å². The molecular weight excluding hydrogens is 268 g/mol. The van der Waals surface area contributed by atoms with Crippen LogP contribution in [0.3, 0.4) is 0 Å². The number of aryl methyl sites for hydroxylation is 1. The summed E-state index contributed by atoms with van der Waals surface area (Å²) in [5, 5.41) is 4.23. The molecule has 0 bridgehead atoms. The predicted octanol–water partition coefficient (Wildman–Crippen LogP) is 3.15. The van der Waals surface area contributed by atoms with Gasteiger partial charge < -0.3 is 0 Å². The van der Waals surface area contributed by atoms with E-state index in [1.807, 2.05) is 37.4 Å². The van der Waals surface area contributed by atoms with Gasteiger partial charge in [0, 0.05) is 11.8 Å². The molecule has 2 aromatic rings. The second-order valence-corrected chi connectivity index (χ2v) is 4.45. The van der Waals surface area contributed by atoms with Gasteiger partial charge in [-0.3, -0.25) is 4.79 Å². The first-order chi connectivity index (χ1) is 7.58. The highest BCUT2D eigenvalue weighted by Crippen LogP contribution is 2.16. The molecule has 0 aliphatic heterocycles. The van der Waals surface area contributed by atoms with Gasteiger partial charge in [0.2, 0.25) is 0 Å². The van der Waals surface area contributed by atoms with E-state index in [0.29, 0.717) is 0 Å². The van der Waals surface area contributed by atoms with Gasteiger partial charge in [-0.25, -0.2) is 4.68 Å². The number of aromatic nitrogens is 2. The van der Waals surface area contributed by atoms with Gasteiger partial charge in [-0.15, -0.1) is 0 Å². The van der Waals surface area contributed by atoms with Gasteiger partial charge in [-0.05, 0) is 53.5 Å². The first-order valence-electron chi connectivity index (χ1n) is 4.91. The van der Waals surface area contributed by atoms with E-state index in [9.17, 15) is 4.79 Å². The zero-order valence-electron chi connectivity index (χ0n) is 9.07. The van der Waals surface area contributed by atoms with Crippen LogP contribution in [0.1, 0.15) is 22.8 Å². The van der Waals surface area contributed by atoms with Crippen molar-refractivity contribution in [2.75, 3.05) is 0 Å². The van der Waals surface area contributed by atoms with Gasteiger partial charge in [-0.1, -0.05) is 6.07 Å². The number of nitrogens with zero attached hydrogens (tertiary/aromatic N) is 2. The molecule has 1 aromatic carbocycles. The smallest absolute Gasteiger partial charge is 0.160 e. The molecule has 2 rings (SSSR count). The lowest BCUT2D eigenvalue weighted by atomic mass is 10.0. The Morgan fingerprint density at radius 2 is 2.12 bits per heavy atom. The Labute approximate surface area is 102 Å². The first-order valence-corrected chi connectivity index (χ1v) is 5.70. The summed E-state index contributed by atoms with van der Waals surface area (Å²) < 4.78 is 2.51. The summed E-state index contributed by atoms with van der Waals surface area (Å²) >= 11 is 3.29. The van der Waals surface area contributed by atoms with Crippen LogP contribution in [0, 0.1) is 6.92 Å². The molecule has 0 saturated carbocycles. The van der Waals surface area contributed by atoms with Gasteiger partial charge in [0.15, 0.2) is 5.78 Å². The highest BCUT2D eigenvalue weighted by Gasteiger charge is 2.06. The summed E-state index contributed by atoms with van der Waals surface area (Å²) in [6.45, 7) is 3.50. The van der Waals surface area contributed by atoms with Crippen LogP contribution in [0.4, 0.5) is 0 Å². The molecule has 0 atom stereocenters. The third kappa shape index (κ3) is 2.07. The Hall–Kier alpha value is -1.42. The van der Waals surface area contributed by atoms with Crippen LogP contribution in [0.2, 0.25) is 0 Å². The monoisotopic (exact) mass is 278 g/mol. The van der Waals surface area contributed by atoms with Crippen molar-refractivity contribution in [3.63, 3.8) is 0 Å². The van der Waals surface area contributed by atoms with Gasteiger partial charge in [0.25, 0.3) is 0 Å². The molecule has 0 saturated heterocycles. The topological polar surface area (TPSA) is 34.9 Å². The minimum atomic E-state index is 0.0746. The van der Waals surface area contributed by atoms with Crippen molar-refractivity contribution in [3.05, 3.63) is 46.2 Å². The second kappa shape index (κ2) is 4.22. The average molecular weight is 279 g/mol. The molecule has 4 heteroatoms. The lowest BCUT2D eigenvalue weighted by molar-refractivity contribution is 0.101. The van der Waals surface area contributed by atoms with Gasteiger partial charge in [-0.2, -0.15) is 5.10 Å². The van der Waals surface area contributed by atoms with Crippen LogP contribution >= 0.6 is 15.9 Å². The number of hydrogen-bond acceptors (Lipinski definition) is 2. The summed E-state index contributed by atoms with van der Waals surface area (Å²) in [6, 6.07) is 7.59. The van der Waals surface area contributed by atoms with Crippen LogP contribution in [-0.4, -0.2) is 15.6 Å². The van der Waals surface area contributed by atoms with Crippen molar-refractivity contribution >= 4 is 21.7 Å². The number of benzene rings is 1. The number of carbonyl (C=O) groups is 1. The van der Waals surface area contributed by atoms with Gasteiger partial charge in [0.05, 0.1) is 5.69 Å². The lowest BCUT2D eigenvalue weighted by Gasteiger charge is -2.06. The second-order valence-electron chi connectivity index (χ2n) is 3.64. The van der Waals surface area contributed by atoms with Crippen LogP contribution < -0.4 is 0 Å². The average Bonchev–Trinajstić information content (AvgIpc) is 2.65. The first kappa shape index (κ1) is 11.1. The molecule has 82 valence electrons. The maximum atomic E-state index is 11.4. The third-order valence-corrected chi connectivity index (χ3v) is 2.84. The summed E-state index contributed by atoms with van der Waals surface area (Å²) in [4.78, 5) is 11.4. The van der Waals surface area contributed by atoms with Crippen molar-refractivity contribution in [2.24, 2.45) is 0 Å². The van der Waals surface area contributed by atoms with Crippen LogP contribution in [0.15, 0.2) is 35.1 Å². The summed E-state index contributed by atoms with van der Waals surface area (Å²) in [5.74, 6) is 0.0746. The van der Waals surface area contributed by atoms with Crippen molar-refractivity contribution in [1.82, 2.24) is 9.78 Å². The van der Waals surface area contributed by atoms with Crippen LogP contribution in [0.25, 0.3) is 5.69 Å². The molecule has 0 spiro atoms. The van der Waals surface area contributed by atoms with Crippen molar-refractivity contribution < 1.29 is 4.79 Å². The van der Waals surface area contributed by atoms with Crippen LogP contribution in [0.5, 0.6) is 0 Å². The largest absolute Gasteiger partial charge is 0.294 e. The molecule has 1 heterocycles. The van der Waals surface area contributed by atoms with E-state index in [4.69, 9.17) is 0 Å². The third-order valence-electron chi connectivity index (χ3n) is 2.42. The Balaban J connectivity index is 2.51. The van der Waals surface area contributed by atoms with Crippen molar-refractivity contribution in [3.8, 4) is 5.69 Å². The molecule has 0 unspecified atom stereocenters. The minimum Gasteiger partial charge on any atom is -0.294 e. The molecule has 0 fully saturated rings. The fourth-order valence-electron chi connectivity index (χ4n) is 1.58. The molecule has 0 N–H and O–H groups in total. The Bertz CT molecular complexity index is 546. The van der Waals surface area contributed by atoms with Crippen molar-refractivity contribution in [1.29, 1.82) is 0 Å². The molecule has 0 aliphatic carbocycles. The number of halogens is 1. The Morgan fingerprint density at radius 1 is 1.38 bits per heavy atom. The van der Waals surface area contributed by atoms with E-state index in [1.165, 1.54) is 0 Å². The minimum absolute atomic E-state index is 0.0746. The highest BCUT2D eigenvalue weighted by molar-refractivity contribution is 9.10. The molecular formula is C12H11BrN2O. The van der Waals surface area contributed by atoms with Crippen molar-refractivity contribution in [2.45, 2.75) is 13.8 Å². The van der Waals surface area contributed by atoms with E-state index in [2.05, 4.69) is 21.0 Å². The van der Waals surface area contributed by atoms with E-state index in [0.717, 1.165) is 21.4 Å². The molecule has 0 aliphatic rings. The highest BCUT2D eigenvalue weighted by atomic mass is 79.9. The molecule has 16 heavy (non-hydrogen) atoms. The zero-order valence-corrected chi connectivity index (χ0v) is 10.7. The van der Waals surface area contributed by atoms with Gasteiger partial charge in [0.1, 0.15) is 4.60 Å². The lowest BCUT2D eigenvalue weighted by Crippen LogP contribution is -2.01. The fraction of sp³-hybridized carbons (Fsp3) is 0.167. The maximum absolute atomic E-state index is 11.4.